The highest BCUT2D eigenvalue weighted by Crippen LogP contribution is 2.39. The maximum atomic E-state index is 11.6. The Labute approximate surface area is 145 Å². The molecule has 1 aliphatic heterocycles. The Kier molecular flexibility index (Phi) is 3.86. The number of aromatic carboxylic acids is 1. The van der Waals surface area contributed by atoms with Gasteiger partial charge in [-0.15, -0.1) is 0 Å². The van der Waals surface area contributed by atoms with Crippen molar-refractivity contribution in [3.63, 3.8) is 0 Å². The van der Waals surface area contributed by atoms with Crippen molar-refractivity contribution in [3.8, 4) is 33.8 Å². The zero-order valence-corrected chi connectivity index (χ0v) is 13.4. The van der Waals surface area contributed by atoms with Crippen LogP contribution in [0.25, 0.3) is 22.3 Å². The van der Waals surface area contributed by atoms with E-state index in [0.29, 0.717) is 24.7 Å². The molecule has 0 aliphatic carbocycles. The number of rotatable bonds is 3. The highest BCUT2D eigenvalue weighted by molar-refractivity contribution is 5.94. The van der Waals surface area contributed by atoms with Crippen molar-refractivity contribution in [2.24, 2.45) is 0 Å². The second-order valence-electron chi connectivity index (χ2n) is 5.80. The van der Waals surface area contributed by atoms with E-state index in [9.17, 15) is 9.90 Å². The van der Waals surface area contributed by atoms with Crippen LogP contribution in [0, 0.1) is 0 Å². The van der Waals surface area contributed by atoms with E-state index in [1.54, 1.807) is 6.07 Å². The normalized spacial score (nSPS) is 12.6. The Hall–Kier alpha value is -3.27. The summed E-state index contributed by atoms with van der Waals surface area (Å²) in [6.07, 6.45) is 0. The Morgan fingerprint density at radius 2 is 1.44 bits per heavy atom. The first-order valence-electron chi connectivity index (χ1n) is 8.05. The summed E-state index contributed by atoms with van der Waals surface area (Å²) in [5.41, 5.74) is 4.03. The Morgan fingerprint density at radius 1 is 0.760 bits per heavy atom. The van der Waals surface area contributed by atoms with E-state index in [1.807, 2.05) is 60.7 Å². The largest absolute Gasteiger partial charge is 0.486 e. The van der Waals surface area contributed by atoms with Crippen molar-refractivity contribution >= 4 is 5.97 Å². The summed E-state index contributed by atoms with van der Waals surface area (Å²) in [6.45, 7) is 0.773. The molecule has 0 saturated heterocycles. The Balaban J connectivity index is 1.82. The smallest absolute Gasteiger partial charge is 0.339 e. The van der Waals surface area contributed by atoms with Crippen LogP contribution in [0.4, 0.5) is 0 Å². The van der Waals surface area contributed by atoms with E-state index in [2.05, 4.69) is 0 Å². The fourth-order valence-electron chi connectivity index (χ4n) is 2.99. The summed E-state index contributed by atoms with van der Waals surface area (Å²) < 4.78 is 11.1. The lowest BCUT2D eigenvalue weighted by Crippen LogP contribution is -2.18. The molecule has 1 N–H and O–H groups in total. The second kappa shape index (κ2) is 6.32. The second-order valence-corrected chi connectivity index (χ2v) is 5.80. The summed E-state index contributed by atoms with van der Waals surface area (Å²) in [5.74, 6) is -0.240. The van der Waals surface area contributed by atoms with Gasteiger partial charge in [0.15, 0.2) is 11.5 Å². The number of ether oxygens (including phenoxy) is 2. The van der Waals surface area contributed by atoms with E-state index >= 15 is 0 Å². The molecule has 0 atom stereocenters. The molecule has 1 aliphatic rings. The molecule has 1 heterocycles. The number of carboxylic acid groups (broad SMARTS) is 1. The number of hydrogen-bond donors (Lipinski definition) is 1. The van der Waals surface area contributed by atoms with Gasteiger partial charge in [0, 0.05) is 0 Å². The standard InChI is InChI=1S/C21H16O4/c22-21(23)18-12-17(13-19-20(18)25-10-9-24-19)16-8-4-7-15(11-16)14-5-2-1-3-6-14/h1-8,11-13H,9-10H2,(H,22,23). The van der Waals surface area contributed by atoms with Crippen LogP contribution in [-0.4, -0.2) is 24.3 Å². The molecule has 3 aromatic carbocycles. The van der Waals surface area contributed by atoms with Gasteiger partial charge in [0.1, 0.15) is 18.8 Å². The van der Waals surface area contributed by atoms with E-state index in [0.717, 1.165) is 22.3 Å². The maximum absolute atomic E-state index is 11.6. The molecule has 0 amide bonds. The van der Waals surface area contributed by atoms with Crippen LogP contribution >= 0.6 is 0 Å². The molecule has 0 radical (unpaired) electrons. The zero-order chi connectivity index (χ0) is 17.2. The van der Waals surface area contributed by atoms with Gasteiger partial charge in [-0.25, -0.2) is 4.79 Å². The number of benzene rings is 3. The van der Waals surface area contributed by atoms with Gasteiger partial charge in [-0.2, -0.15) is 0 Å². The third kappa shape index (κ3) is 2.94. The number of fused-ring (bicyclic) bond motifs is 1. The van der Waals surface area contributed by atoms with Gasteiger partial charge < -0.3 is 14.6 Å². The van der Waals surface area contributed by atoms with Crippen molar-refractivity contribution in [2.75, 3.05) is 13.2 Å². The lowest BCUT2D eigenvalue weighted by atomic mass is 9.97. The van der Waals surface area contributed by atoms with E-state index < -0.39 is 5.97 Å². The summed E-state index contributed by atoms with van der Waals surface area (Å²) in [6, 6.07) is 21.6. The third-order valence-electron chi connectivity index (χ3n) is 4.18. The minimum Gasteiger partial charge on any atom is -0.486 e. The van der Waals surface area contributed by atoms with Crippen LogP contribution in [0.3, 0.4) is 0 Å². The van der Waals surface area contributed by atoms with Gasteiger partial charge in [0.05, 0.1) is 0 Å². The van der Waals surface area contributed by atoms with Crippen LogP contribution < -0.4 is 9.47 Å². The SMILES string of the molecule is O=C(O)c1cc(-c2cccc(-c3ccccc3)c2)cc2c1OCCO2. The maximum Gasteiger partial charge on any atom is 0.339 e. The molecular formula is C21H16O4. The van der Waals surface area contributed by atoms with Crippen LogP contribution in [-0.2, 0) is 0 Å². The first-order chi connectivity index (χ1) is 12.2. The average Bonchev–Trinajstić information content (AvgIpc) is 2.68. The molecule has 4 rings (SSSR count). The lowest BCUT2D eigenvalue weighted by molar-refractivity contribution is 0.0686. The van der Waals surface area contributed by atoms with Crippen LogP contribution in [0.5, 0.6) is 11.5 Å². The first-order valence-corrected chi connectivity index (χ1v) is 8.05. The highest BCUT2D eigenvalue weighted by atomic mass is 16.6. The molecule has 25 heavy (non-hydrogen) atoms. The molecule has 3 aromatic rings. The van der Waals surface area contributed by atoms with Crippen molar-refractivity contribution in [2.45, 2.75) is 0 Å². The number of hydrogen-bond acceptors (Lipinski definition) is 3. The molecule has 4 nitrogen and oxygen atoms in total. The molecule has 0 bridgehead atoms. The van der Waals surface area contributed by atoms with E-state index in [4.69, 9.17) is 9.47 Å². The van der Waals surface area contributed by atoms with Crippen molar-refractivity contribution in [1.82, 2.24) is 0 Å². The van der Waals surface area contributed by atoms with Gasteiger partial charge in [-0.3, -0.25) is 0 Å². The lowest BCUT2D eigenvalue weighted by Gasteiger charge is -2.21. The molecule has 0 aromatic heterocycles. The van der Waals surface area contributed by atoms with Gasteiger partial charge in [0.2, 0.25) is 0 Å². The number of carbonyl (C=O) groups is 1. The van der Waals surface area contributed by atoms with Crippen molar-refractivity contribution < 1.29 is 19.4 Å². The van der Waals surface area contributed by atoms with Crippen molar-refractivity contribution in [3.05, 3.63) is 72.3 Å². The van der Waals surface area contributed by atoms with Gasteiger partial charge in [0.25, 0.3) is 0 Å². The first kappa shape index (κ1) is 15.3. The fraction of sp³-hybridized carbons (Fsp3) is 0.0952. The van der Waals surface area contributed by atoms with Gasteiger partial charge >= 0.3 is 5.97 Å². The fourth-order valence-corrected chi connectivity index (χ4v) is 2.99. The Bertz CT molecular complexity index is 932. The van der Waals surface area contributed by atoms with Crippen molar-refractivity contribution in [1.29, 1.82) is 0 Å². The quantitative estimate of drug-likeness (QED) is 0.768. The van der Waals surface area contributed by atoms with Crippen LogP contribution in [0.15, 0.2) is 66.7 Å². The Morgan fingerprint density at radius 3 is 2.20 bits per heavy atom. The third-order valence-corrected chi connectivity index (χ3v) is 4.18. The predicted octanol–water partition coefficient (Wildman–Crippen LogP) is 4.49. The van der Waals surface area contributed by atoms with Crippen LogP contribution in [0.1, 0.15) is 10.4 Å². The molecule has 0 saturated carbocycles. The minimum absolute atomic E-state index is 0.123. The number of carboxylic acids is 1. The molecule has 4 heteroatoms. The summed E-state index contributed by atoms with van der Waals surface area (Å²) in [4.78, 5) is 11.6. The van der Waals surface area contributed by atoms with Gasteiger partial charge in [-0.1, -0.05) is 48.5 Å². The molecule has 0 fully saturated rings. The summed E-state index contributed by atoms with van der Waals surface area (Å²) in [7, 11) is 0. The molecule has 124 valence electrons. The summed E-state index contributed by atoms with van der Waals surface area (Å²) in [5, 5.41) is 9.51. The molecular weight excluding hydrogens is 316 g/mol. The molecule has 0 spiro atoms. The monoisotopic (exact) mass is 332 g/mol. The topological polar surface area (TPSA) is 55.8 Å². The minimum atomic E-state index is -1.03. The van der Waals surface area contributed by atoms with E-state index in [-0.39, 0.29) is 5.56 Å². The van der Waals surface area contributed by atoms with Gasteiger partial charge in [-0.05, 0) is 40.5 Å². The molecule has 0 unspecified atom stereocenters. The van der Waals surface area contributed by atoms with Crippen LogP contribution in [0.2, 0.25) is 0 Å². The average molecular weight is 332 g/mol. The zero-order valence-electron chi connectivity index (χ0n) is 13.4. The highest BCUT2D eigenvalue weighted by Gasteiger charge is 2.22. The van der Waals surface area contributed by atoms with E-state index in [1.165, 1.54) is 0 Å². The summed E-state index contributed by atoms with van der Waals surface area (Å²) >= 11 is 0. The predicted molar refractivity (Wildman–Crippen MR) is 95.3 cm³/mol.